The Kier molecular flexibility index (Phi) is 29.7. The SMILES string of the molecule is CCCCCCCCC/C=C\CCCCCCCC(=O)NC(COP(=O)(O)OCCN)C(O)CCCCCCCCC. The van der Waals surface area contributed by atoms with Crippen LogP contribution in [0, 0.1) is 0 Å². The summed E-state index contributed by atoms with van der Waals surface area (Å²) in [5.74, 6) is -0.175. The zero-order chi connectivity index (χ0) is 31.2. The van der Waals surface area contributed by atoms with Gasteiger partial charge >= 0.3 is 7.82 Å². The number of carbonyl (C=O) groups is 1. The molecule has 8 nitrogen and oxygen atoms in total. The Balaban J connectivity index is 4.20. The number of nitrogens with two attached hydrogens (primary N) is 1. The molecular formula is C33H67N2O6P. The normalized spacial score (nSPS) is 14.7. The first-order valence-electron chi connectivity index (χ1n) is 17.3. The Labute approximate surface area is 258 Å². The first-order valence-corrected chi connectivity index (χ1v) is 18.8. The lowest BCUT2D eigenvalue weighted by Gasteiger charge is -2.25. The molecule has 0 aromatic heterocycles. The highest BCUT2D eigenvalue weighted by atomic mass is 31.2. The van der Waals surface area contributed by atoms with Crippen LogP contribution < -0.4 is 11.1 Å². The molecule has 0 aliphatic heterocycles. The number of rotatable bonds is 32. The average Bonchev–Trinajstić information content (AvgIpc) is 2.97. The molecule has 0 aliphatic rings. The van der Waals surface area contributed by atoms with Gasteiger partial charge in [0.05, 0.1) is 25.4 Å². The lowest BCUT2D eigenvalue weighted by molar-refractivity contribution is -0.123. The Morgan fingerprint density at radius 1 is 0.762 bits per heavy atom. The van der Waals surface area contributed by atoms with Crippen molar-refractivity contribution in [2.24, 2.45) is 5.73 Å². The van der Waals surface area contributed by atoms with Crippen LogP contribution in [-0.4, -0.2) is 47.8 Å². The second-order valence-electron chi connectivity index (χ2n) is 11.7. The largest absolute Gasteiger partial charge is 0.472 e. The fourth-order valence-electron chi connectivity index (χ4n) is 4.95. The molecule has 0 bridgehead atoms. The number of phosphoric ester groups is 1. The van der Waals surface area contributed by atoms with Crippen molar-refractivity contribution in [1.29, 1.82) is 0 Å². The number of amides is 1. The highest BCUT2D eigenvalue weighted by Gasteiger charge is 2.27. The molecule has 0 aromatic rings. The van der Waals surface area contributed by atoms with Gasteiger partial charge < -0.3 is 21.1 Å². The van der Waals surface area contributed by atoms with E-state index in [0.29, 0.717) is 12.8 Å². The van der Waals surface area contributed by atoms with Crippen molar-refractivity contribution in [3.8, 4) is 0 Å². The Morgan fingerprint density at radius 3 is 1.76 bits per heavy atom. The molecule has 0 radical (unpaired) electrons. The van der Waals surface area contributed by atoms with Gasteiger partial charge in [0.15, 0.2) is 0 Å². The third-order valence-corrected chi connectivity index (χ3v) is 8.60. The van der Waals surface area contributed by atoms with E-state index < -0.39 is 20.0 Å². The second-order valence-corrected chi connectivity index (χ2v) is 13.2. The molecule has 0 rings (SSSR count). The van der Waals surface area contributed by atoms with Crippen LogP contribution in [0.25, 0.3) is 0 Å². The van der Waals surface area contributed by atoms with Gasteiger partial charge in [-0.05, 0) is 38.5 Å². The predicted molar refractivity (Wildman–Crippen MR) is 175 cm³/mol. The van der Waals surface area contributed by atoms with Crippen LogP contribution in [0.5, 0.6) is 0 Å². The molecule has 42 heavy (non-hydrogen) atoms. The molecule has 0 fully saturated rings. The van der Waals surface area contributed by atoms with Crippen molar-refractivity contribution in [1.82, 2.24) is 5.32 Å². The molecule has 0 saturated carbocycles. The van der Waals surface area contributed by atoms with Crippen molar-refractivity contribution in [2.45, 2.75) is 174 Å². The lowest BCUT2D eigenvalue weighted by atomic mass is 10.0. The van der Waals surface area contributed by atoms with Crippen LogP contribution in [0.1, 0.15) is 162 Å². The predicted octanol–water partition coefficient (Wildman–Crippen LogP) is 8.49. The summed E-state index contributed by atoms with van der Waals surface area (Å²) in [7, 11) is -4.30. The van der Waals surface area contributed by atoms with E-state index in [9.17, 15) is 19.4 Å². The summed E-state index contributed by atoms with van der Waals surface area (Å²) in [5, 5.41) is 13.6. The Bertz CT molecular complexity index is 679. The zero-order valence-electron chi connectivity index (χ0n) is 27.2. The van der Waals surface area contributed by atoms with Crippen LogP contribution in [0.2, 0.25) is 0 Å². The van der Waals surface area contributed by atoms with Crippen molar-refractivity contribution in [2.75, 3.05) is 19.8 Å². The molecule has 0 saturated heterocycles. The molecule has 3 atom stereocenters. The molecule has 0 aromatic carbocycles. The molecule has 0 aliphatic carbocycles. The van der Waals surface area contributed by atoms with E-state index in [1.54, 1.807) is 0 Å². The Morgan fingerprint density at radius 2 is 1.24 bits per heavy atom. The standard InChI is InChI=1S/C33H67N2O6P/c1-3-5-7-9-11-12-13-14-15-16-17-18-19-21-23-25-27-33(37)35-31(30-41-42(38,39)40-29-28-34)32(36)26-24-22-20-10-8-6-4-2/h15-16,31-32,36H,3-14,17-30,34H2,1-2H3,(H,35,37)(H,38,39)/b16-15-. The van der Waals surface area contributed by atoms with E-state index in [2.05, 4.69) is 31.3 Å². The Hall–Kier alpha value is -0.760. The highest BCUT2D eigenvalue weighted by molar-refractivity contribution is 7.47. The van der Waals surface area contributed by atoms with Gasteiger partial charge in [0, 0.05) is 13.0 Å². The molecular weight excluding hydrogens is 551 g/mol. The van der Waals surface area contributed by atoms with E-state index in [-0.39, 0.29) is 25.7 Å². The van der Waals surface area contributed by atoms with Gasteiger partial charge in [-0.25, -0.2) is 4.57 Å². The number of phosphoric acid groups is 1. The average molecular weight is 619 g/mol. The molecule has 0 spiro atoms. The van der Waals surface area contributed by atoms with Gasteiger partial charge in [0.1, 0.15) is 0 Å². The summed E-state index contributed by atoms with van der Waals surface area (Å²) in [6.07, 6.45) is 29.4. The summed E-state index contributed by atoms with van der Waals surface area (Å²) in [4.78, 5) is 22.5. The lowest BCUT2D eigenvalue weighted by Crippen LogP contribution is -2.46. The van der Waals surface area contributed by atoms with Gasteiger partial charge in [-0.15, -0.1) is 0 Å². The molecule has 5 N–H and O–H groups in total. The number of allylic oxidation sites excluding steroid dienone is 2. The fraction of sp³-hybridized carbons (Fsp3) is 0.909. The molecule has 3 unspecified atom stereocenters. The van der Waals surface area contributed by atoms with Crippen molar-refractivity contribution < 1.29 is 28.4 Å². The fourth-order valence-corrected chi connectivity index (χ4v) is 5.71. The summed E-state index contributed by atoms with van der Waals surface area (Å²) in [5.41, 5.74) is 5.33. The van der Waals surface area contributed by atoms with Gasteiger partial charge in [0.2, 0.25) is 5.91 Å². The summed E-state index contributed by atoms with van der Waals surface area (Å²) < 4.78 is 21.9. The van der Waals surface area contributed by atoms with Crippen LogP contribution in [0.15, 0.2) is 12.2 Å². The van der Waals surface area contributed by atoms with E-state index in [0.717, 1.165) is 51.4 Å². The van der Waals surface area contributed by atoms with Gasteiger partial charge in [0.25, 0.3) is 0 Å². The molecule has 1 amide bonds. The van der Waals surface area contributed by atoms with E-state index in [4.69, 9.17) is 14.8 Å². The van der Waals surface area contributed by atoms with Crippen LogP contribution >= 0.6 is 7.82 Å². The first kappa shape index (κ1) is 41.2. The molecule has 250 valence electrons. The maximum atomic E-state index is 12.6. The maximum Gasteiger partial charge on any atom is 0.472 e. The monoisotopic (exact) mass is 618 g/mol. The number of carbonyl (C=O) groups excluding carboxylic acids is 1. The quantitative estimate of drug-likeness (QED) is 0.0338. The van der Waals surface area contributed by atoms with Gasteiger partial charge in [-0.2, -0.15) is 0 Å². The van der Waals surface area contributed by atoms with Crippen LogP contribution in [0.4, 0.5) is 0 Å². The summed E-state index contributed by atoms with van der Waals surface area (Å²) in [6, 6.07) is -0.771. The zero-order valence-corrected chi connectivity index (χ0v) is 28.1. The minimum Gasteiger partial charge on any atom is -0.391 e. The number of hydrogen-bond donors (Lipinski definition) is 4. The van der Waals surface area contributed by atoms with Crippen molar-refractivity contribution in [3.05, 3.63) is 12.2 Å². The van der Waals surface area contributed by atoms with Crippen molar-refractivity contribution >= 4 is 13.7 Å². The van der Waals surface area contributed by atoms with Crippen molar-refractivity contribution in [3.63, 3.8) is 0 Å². The topological polar surface area (TPSA) is 131 Å². The van der Waals surface area contributed by atoms with Crippen LogP contribution in [-0.2, 0) is 18.4 Å². The smallest absolute Gasteiger partial charge is 0.391 e. The number of aliphatic hydroxyl groups is 1. The summed E-state index contributed by atoms with van der Waals surface area (Å²) in [6.45, 7) is 4.13. The third-order valence-electron chi connectivity index (χ3n) is 7.62. The minimum absolute atomic E-state index is 0.0883. The first-order chi connectivity index (χ1) is 20.4. The number of nitrogens with one attached hydrogen (secondary N) is 1. The third kappa shape index (κ3) is 28.0. The molecule has 0 heterocycles. The number of hydrogen-bond acceptors (Lipinski definition) is 6. The van der Waals surface area contributed by atoms with E-state index in [1.807, 2.05) is 0 Å². The molecule has 9 heteroatoms. The number of aliphatic hydroxyl groups excluding tert-OH is 1. The van der Waals surface area contributed by atoms with Crippen LogP contribution in [0.3, 0.4) is 0 Å². The second kappa shape index (κ2) is 30.3. The van der Waals surface area contributed by atoms with Gasteiger partial charge in [-0.1, -0.05) is 129 Å². The van der Waals surface area contributed by atoms with E-state index >= 15 is 0 Å². The highest BCUT2D eigenvalue weighted by Crippen LogP contribution is 2.43. The van der Waals surface area contributed by atoms with Gasteiger partial charge in [-0.3, -0.25) is 13.8 Å². The maximum absolute atomic E-state index is 12.6. The van der Waals surface area contributed by atoms with E-state index in [1.165, 1.54) is 83.5 Å². The number of unbranched alkanes of at least 4 members (excludes halogenated alkanes) is 18. The minimum atomic E-state index is -4.30. The summed E-state index contributed by atoms with van der Waals surface area (Å²) >= 11 is 0.